The molecule has 1 fully saturated rings. The van der Waals surface area contributed by atoms with Crippen LogP contribution in [0.3, 0.4) is 0 Å². The molecule has 1 saturated carbocycles. The highest BCUT2D eigenvalue weighted by atomic mass is 19.2. The average Bonchev–Trinajstić information content (AvgIpc) is 2.96. The van der Waals surface area contributed by atoms with Crippen LogP contribution in [0.1, 0.15) is 19.4 Å². The molecule has 1 aliphatic rings. The molecule has 0 aromatic heterocycles. The van der Waals surface area contributed by atoms with Crippen LogP contribution >= 0.6 is 0 Å². The third-order valence-electron chi connectivity index (χ3n) is 4.77. The standard InChI is InChI=1S/C16H13F4NO2/c1-15(2)10(4-3-5-21)16(15,14(22)23)7-8-6-9(17)12(19)13(20)11(8)18/h3-4,6,10H,7H2,1-2H3,(H,22,23)/b4-3-/t10-,16+/m0/s1. The lowest BCUT2D eigenvalue weighted by molar-refractivity contribution is -0.145. The first kappa shape index (κ1) is 17.0. The van der Waals surface area contributed by atoms with Crippen molar-refractivity contribution in [2.75, 3.05) is 0 Å². The molecule has 7 heteroatoms. The summed E-state index contributed by atoms with van der Waals surface area (Å²) < 4.78 is 53.5. The summed E-state index contributed by atoms with van der Waals surface area (Å²) in [6, 6.07) is 2.21. The topological polar surface area (TPSA) is 61.1 Å². The van der Waals surface area contributed by atoms with Crippen molar-refractivity contribution in [2.24, 2.45) is 16.7 Å². The number of aliphatic carboxylic acids is 1. The smallest absolute Gasteiger partial charge is 0.311 e. The number of carbonyl (C=O) groups is 1. The van der Waals surface area contributed by atoms with Crippen LogP contribution in [0.25, 0.3) is 0 Å². The number of nitriles is 1. The van der Waals surface area contributed by atoms with E-state index in [2.05, 4.69) is 0 Å². The van der Waals surface area contributed by atoms with Gasteiger partial charge in [-0.3, -0.25) is 4.79 Å². The summed E-state index contributed by atoms with van der Waals surface area (Å²) in [5.74, 6) is -8.99. The number of rotatable bonds is 4. The zero-order valence-electron chi connectivity index (χ0n) is 12.3. The number of hydrogen-bond acceptors (Lipinski definition) is 2. The molecule has 0 spiro atoms. The van der Waals surface area contributed by atoms with Crippen molar-refractivity contribution in [3.05, 3.63) is 47.1 Å². The van der Waals surface area contributed by atoms with Crippen molar-refractivity contribution in [1.29, 1.82) is 5.26 Å². The van der Waals surface area contributed by atoms with Gasteiger partial charge in [-0.1, -0.05) is 19.9 Å². The van der Waals surface area contributed by atoms with Gasteiger partial charge in [-0.25, -0.2) is 17.6 Å². The minimum absolute atomic E-state index is 0.470. The van der Waals surface area contributed by atoms with Crippen LogP contribution in [-0.4, -0.2) is 11.1 Å². The molecule has 3 nitrogen and oxygen atoms in total. The highest BCUT2D eigenvalue weighted by molar-refractivity contribution is 5.82. The maximum absolute atomic E-state index is 13.8. The van der Waals surface area contributed by atoms with E-state index in [9.17, 15) is 27.5 Å². The van der Waals surface area contributed by atoms with E-state index >= 15 is 0 Å². The predicted molar refractivity (Wildman–Crippen MR) is 72.1 cm³/mol. The molecular formula is C16H13F4NO2. The van der Waals surface area contributed by atoms with Crippen LogP contribution in [0.2, 0.25) is 0 Å². The maximum atomic E-state index is 13.8. The maximum Gasteiger partial charge on any atom is 0.311 e. The molecule has 1 N–H and O–H groups in total. The molecule has 0 unspecified atom stereocenters. The molecule has 23 heavy (non-hydrogen) atoms. The number of hydrogen-bond donors (Lipinski definition) is 1. The number of allylic oxidation sites excluding steroid dienone is 2. The lowest BCUT2D eigenvalue weighted by atomic mass is 9.88. The summed E-state index contributed by atoms with van der Waals surface area (Å²) in [6.45, 7) is 3.20. The second kappa shape index (κ2) is 5.37. The van der Waals surface area contributed by atoms with Gasteiger partial charge in [0, 0.05) is 12.0 Å². The molecular weight excluding hydrogens is 314 g/mol. The van der Waals surface area contributed by atoms with Crippen LogP contribution < -0.4 is 0 Å². The van der Waals surface area contributed by atoms with Gasteiger partial charge in [-0.15, -0.1) is 0 Å². The molecule has 0 aliphatic heterocycles. The van der Waals surface area contributed by atoms with E-state index < -0.39 is 58.0 Å². The van der Waals surface area contributed by atoms with Gasteiger partial charge in [0.2, 0.25) is 0 Å². The second-order valence-electron chi connectivity index (χ2n) is 6.10. The normalized spacial score (nSPS) is 25.3. The monoisotopic (exact) mass is 327 g/mol. The first-order valence-electron chi connectivity index (χ1n) is 6.72. The second-order valence-corrected chi connectivity index (χ2v) is 6.10. The van der Waals surface area contributed by atoms with Crippen LogP contribution in [0, 0.1) is 51.3 Å². The van der Waals surface area contributed by atoms with Crippen molar-refractivity contribution in [2.45, 2.75) is 20.3 Å². The van der Waals surface area contributed by atoms with Gasteiger partial charge in [0.1, 0.15) is 0 Å². The molecule has 0 saturated heterocycles. The van der Waals surface area contributed by atoms with Crippen LogP contribution in [0.5, 0.6) is 0 Å². The number of halogens is 4. The number of benzene rings is 1. The molecule has 0 bridgehead atoms. The fourth-order valence-corrected chi connectivity index (χ4v) is 3.31. The Hall–Kier alpha value is -2.36. The Bertz CT molecular complexity index is 751. The van der Waals surface area contributed by atoms with Crippen LogP contribution in [0.4, 0.5) is 17.6 Å². The Morgan fingerprint density at radius 3 is 2.43 bits per heavy atom. The fraction of sp³-hybridized carbons (Fsp3) is 0.375. The van der Waals surface area contributed by atoms with Crippen molar-refractivity contribution < 1.29 is 27.5 Å². The first-order valence-corrected chi connectivity index (χ1v) is 6.72. The predicted octanol–water partition coefficient (Wildman–Crippen LogP) is 3.59. The molecule has 1 aromatic rings. The summed E-state index contributed by atoms with van der Waals surface area (Å²) >= 11 is 0. The summed E-state index contributed by atoms with van der Waals surface area (Å²) in [5, 5.41) is 18.1. The third kappa shape index (κ3) is 2.29. The van der Waals surface area contributed by atoms with Gasteiger partial charge >= 0.3 is 5.97 Å². The van der Waals surface area contributed by atoms with E-state index in [1.807, 2.05) is 0 Å². The summed E-state index contributed by atoms with van der Waals surface area (Å²) in [7, 11) is 0. The molecule has 1 aliphatic carbocycles. The minimum atomic E-state index is -1.97. The highest BCUT2D eigenvalue weighted by Crippen LogP contribution is 2.71. The minimum Gasteiger partial charge on any atom is -0.481 e. The Kier molecular flexibility index (Phi) is 3.97. The van der Waals surface area contributed by atoms with Gasteiger partial charge in [0.25, 0.3) is 0 Å². The van der Waals surface area contributed by atoms with Crippen molar-refractivity contribution in [3.63, 3.8) is 0 Å². The van der Waals surface area contributed by atoms with Gasteiger partial charge < -0.3 is 5.11 Å². The molecule has 0 amide bonds. The summed E-state index contributed by atoms with van der Waals surface area (Å²) in [6.07, 6.45) is 1.97. The molecule has 1 aromatic carbocycles. The van der Waals surface area contributed by atoms with E-state index in [-0.39, 0.29) is 0 Å². The average molecular weight is 327 g/mol. The van der Waals surface area contributed by atoms with Gasteiger partial charge in [0.05, 0.1) is 11.5 Å². The van der Waals surface area contributed by atoms with Crippen molar-refractivity contribution in [3.8, 4) is 6.07 Å². The summed E-state index contributed by atoms with van der Waals surface area (Å²) in [5.41, 5.74) is -2.94. The Balaban J connectivity index is 2.51. The molecule has 0 heterocycles. The van der Waals surface area contributed by atoms with Crippen molar-refractivity contribution in [1.82, 2.24) is 0 Å². The summed E-state index contributed by atoms with van der Waals surface area (Å²) in [4.78, 5) is 11.7. The van der Waals surface area contributed by atoms with E-state index in [0.717, 1.165) is 6.08 Å². The number of nitrogens with zero attached hydrogens (tertiary/aromatic N) is 1. The Labute approximate surface area is 129 Å². The third-order valence-corrected chi connectivity index (χ3v) is 4.77. The van der Waals surface area contributed by atoms with Gasteiger partial charge in [-0.05, 0) is 23.5 Å². The quantitative estimate of drug-likeness (QED) is 0.398. The largest absolute Gasteiger partial charge is 0.481 e. The van der Waals surface area contributed by atoms with Crippen molar-refractivity contribution >= 4 is 5.97 Å². The lowest BCUT2D eigenvalue weighted by Crippen LogP contribution is -2.25. The van der Waals surface area contributed by atoms with E-state index in [1.54, 1.807) is 19.9 Å². The van der Waals surface area contributed by atoms with Gasteiger partial charge in [-0.2, -0.15) is 5.26 Å². The van der Waals surface area contributed by atoms with E-state index in [4.69, 9.17) is 5.26 Å². The Morgan fingerprint density at radius 1 is 1.30 bits per heavy atom. The fourth-order valence-electron chi connectivity index (χ4n) is 3.31. The molecule has 2 atom stereocenters. The molecule has 2 rings (SSSR count). The zero-order chi connectivity index (χ0) is 17.6. The zero-order valence-corrected chi connectivity index (χ0v) is 12.3. The van der Waals surface area contributed by atoms with E-state index in [1.165, 1.54) is 6.08 Å². The van der Waals surface area contributed by atoms with E-state index in [0.29, 0.717) is 6.07 Å². The van der Waals surface area contributed by atoms with Crippen LogP contribution in [0.15, 0.2) is 18.2 Å². The number of carboxylic acids is 1. The number of carboxylic acid groups (broad SMARTS) is 1. The molecule has 122 valence electrons. The van der Waals surface area contributed by atoms with Crippen LogP contribution in [-0.2, 0) is 11.2 Å². The highest BCUT2D eigenvalue weighted by Gasteiger charge is 2.74. The Morgan fingerprint density at radius 2 is 1.91 bits per heavy atom. The molecule has 0 radical (unpaired) electrons. The van der Waals surface area contributed by atoms with Gasteiger partial charge in [0.15, 0.2) is 23.3 Å². The lowest BCUT2D eigenvalue weighted by Gasteiger charge is -2.16. The first-order chi connectivity index (χ1) is 10.6. The SMILES string of the molecule is CC1(C)[C@H](/C=C\C#N)[C@]1(Cc1cc(F)c(F)c(F)c1F)C(=O)O.